The van der Waals surface area contributed by atoms with Crippen LogP contribution in [-0.2, 0) is 11.2 Å². The molecule has 1 aromatic carbocycles. The van der Waals surface area contributed by atoms with Crippen LogP contribution in [-0.4, -0.2) is 52.6 Å². The van der Waals surface area contributed by atoms with E-state index in [1.165, 1.54) is 52.1 Å². The maximum absolute atomic E-state index is 14.2. The lowest BCUT2D eigenvalue weighted by Gasteiger charge is -2.41. The van der Waals surface area contributed by atoms with Crippen molar-refractivity contribution >= 4 is 11.6 Å². The molecule has 1 amide bonds. The van der Waals surface area contributed by atoms with Gasteiger partial charge < -0.3 is 9.84 Å². The van der Waals surface area contributed by atoms with Crippen LogP contribution in [0.4, 0.5) is 30.7 Å². The minimum absolute atomic E-state index is 0.174. The van der Waals surface area contributed by atoms with E-state index in [0.717, 1.165) is 0 Å². The van der Waals surface area contributed by atoms with Crippen molar-refractivity contribution in [2.75, 3.05) is 7.11 Å². The summed E-state index contributed by atoms with van der Waals surface area (Å²) >= 11 is 0. The Labute approximate surface area is 173 Å². The van der Waals surface area contributed by atoms with Crippen molar-refractivity contribution in [1.29, 1.82) is 0 Å². The lowest BCUT2D eigenvalue weighted by Crippen LogP contribution is -2.58. The first-order valence-electron chi connectivity index (χ1n) is 8.97. The van der Waals surface area contributed by atoms with E-state index in [-0.39, 0.29) is 5.01 Å². The lowest BCUT2D eigenvalue weighted by atomic mass is 9.79. The Hall–Kier alpha value is -2.37. The zero-order valence-electron chi connectivity index (χ0n) is 17.0. The van der Waals surface area contributed by atoms with Crippen LogP contribution in [0.25, 0.3) is 0 Å². The summed E-state index contributed by atoms with van der Waals surface area (Å²) in [6.45, 7) is 3.91. The van der Waals surface area contributed by atoms with Crippen molar-refractivity contribution in [1.82, 2.24) is 5.01 Å². The molecule has 2 rings (SSSR count). The van der Waals surface area contributed by atoms with Crippen LogP contribution in [0.5, 0.6) is 5.75 Å². The third kappa shape index (κ3) is 4.21. The van der Waals surface area contributed by atoms with Gasteiger partial charge in [0.1, 0.15) is 11.5 Å². The second kappa shape index (κ2) is 7.64. The minimum atomic E-state index is -6.57. The van der Waals surface area contributed by atoms with E-state index < -0.39 is 53.6 Å². The number of hydrogen-bond acceptors (Lipinski definition) is 4. The van der Waals surface area contributed by atoms with Gasteiger partial charge in [0.15, 0.2) is 5.72 Å². The number of amides is 1. The summed E-state index contributed by atoms with van der Waals surface area (Å²) in [5.74, 6) is -12.8. The quantitative estimate of drug-likeness (QED) is 0.666. The topological polar surface area (TPSA) is 62.1 Å². The Morgan fingerprint density at radius 2 is 1.61 bits per heavy atom. The second-order valence-electron chi connectivity index (χ2n) is 8.17. The Balaban J connectivity index is 2.46. The number of alkyl halides is 7. The molecule has 0 saturated carbocycles. The first-order chi connectivity index (χ1) is 13.9. The van der Waals surface area contributed by atoms with Crippen molar-refractivity contribution in [2.24, 2.45) is 10.5 Å². The molecule has 1 unspecified atom stereocenters. The van der Waals surface area contributed by atoms with Gasteiger partial charge in [-0.2, -0.15) is 35.8 Å². The average molecular weight is 458 g/mol. The summed E-state index contributed by atoms with van der Waals surface area (Å²) < 4.78 is 98.1. The van der Waals surface area contributed by atoms with Crippen LogP contribution in [0.3, 0.4) is 0 Å². The van der Waals surface area contributed by atoms with Crippen LogP contribution in [0, 0.1) is 5.41 Å². The molecular weight excluding hydrogens is 437 g/mol. The number of halogens is 7. The molecule has 31 heavy (non-hydrogen) atoms. The summed E-state index contributed by atoms with van der Waals surface area (Å²) in [7, 11) is 1.40. The zero-order chi connectivity index (χ0) is 24.0. The largest absolute Gasteiger partial charge is 0.497 e. The summed E-state index contributed by atoms with van der Waals surface area (Å²) in [5.41, 5.74) is -5.57. The monoisotopic (exact) mass is 458 g/mol. The van der Waals surface area contributed by atoms with Crippen molar-refractivity contribution in [3.05, 3.63) is 29.8 Å². The lowest BCUT2D eigenvalue weighted by molar-refractivity contribution is -0.336. The van der Waals surface area contributed by atoms with E-state index >= 15 is 0 Å². The molecule has 174 valence electrons. The molecule has 1 N–H and O–H groups in total. The van der Waals surface area contributed by atoms with E-state index in [2.05, 4.69) is 5.10 Å². The molecule has 0 aromatic heterocycles. The smallest absolute Gasteiger partial charge is 0.460 e. The maximum Gasteiger partial charge on any atom is 0.460 e. The highest BCUT2D eigenvalue weighted by atomic mass is 19.4. The number of nitrogens with zero attached hydrogens (tertiary/aromatic N) is 2. The Morgan fingerprint density at radius 3 is 2.03 bits per heavy atom. The number of ether oxygens (including phenoxy) is 1. The van der Waals surface area contributed by atoms with Gasteiger partial charge in [-0.3, -0.25) is 4.79 Å². The van der Waals surface area contributed by atoms with E-state index in [1.807, 2.05) is 0 Å². The molecule has 12 heteroatoms. The van der Waals surface area contributed by atoms with E-state index in [1.54, 1.807) is 0 Å². The molecule has 0 saturated heterocycles. The van der Waals surface area contributed by atoms with Gasteiger partial charge in [-0.1, -0.05) is 32.9 Å². The van der Waals surface area contributed by atoms with E-state index in [4.69, 9.17) is 4.74 Å². The van der Waals surface area contributed by atoms with Gasteiger partial charge >= 0.3 is 18.0 Å². The number of hydrazone groups is 1. The Kier molecular flexibility index (Phi) is 6.14. The maximum atomic E-state index is 14.2. The van der Waals surface area contributed by atoms with Crippen LogP contribution in [0.2, 0.25) is 0 Å². The normalized spacial score (nSPS) is 20.6. The number of hydrogen-bond donors (Lipinski definition) is 1. The van der Waals surface area contributed by atoms with Crippen molar-refractivity contribution in [3.8, 4) is 5.75 Å². The first kappa shape index (κ1) is 24.9. The van der Waals surface area contributed by atoms with Gasteiger partial charge in [0.05, 0.1) is 13.5 Å². The van der Waals surface area contributed by atoms with Crippen molar-refractivity contribution < 1.29 is 45.4 Å². The highest BCUT2D eigenvalue weighted by Gasteiger charge is 2.76. The number of aliphatic hydroxyl groups is 1. The molecule has 1 aliphatic heterocycles. The summed E-state index contributed by atoms with van der Waals surface area (Å²) in [6, 6.07) is 5.91. The fourth-order valence-electron chi connectivity index (χ4n) is 2.92. The van der Waals surface area contributed by atoms with Gasteiger partial charge in [-0.25, -0.2) is 5.01 Å². The standard InChI is InChI=1S/C19H21F7N2O3/c1-15(2,3)16(30)10-13(17(20,21)18(22,23)19(24,25)26)27-28(16)14(29)9-11-5-7-12(31-4)8-6-11/h5-8,30H,9-10H2,1-4H3. The highest BCUT2D eigenvalue weighted by Crippen LogP contribution is 2.51. The molecule has 0 fully saturated rings. The highest BCUT2D eigenvalue weighted by molar-refractivity contribution is 5.96. The van der Waals surface area contributed by atoms with Gasteiger partial charge in [0.2, 0.25) is 5.91 Å². The third-order valence-corrected chi connectivity index (χ3v) is 5.05. The molecule has 0 aliphatic carbocycles. The summed E-state index contributed by atoms with van der Waals surface area (Å²) in [4.78, 5) is 12.7. The van der Waals surface area contributed by atoms with Crippen molar-refractivity contribution in [3.63, 3.8) is 0 Å². The number of carbonyl (C=O) groups is 1. The predicted octanol–water partition coefficient (Wildman–Crippen LogP) is 4.39. The number of rotatable bonds is 5. The third-order valence-electron chi connectivity index (χ3n) is 5.05. The predicted molar refractivity (Wildman–Crippen MR) is 95.9 cm³/mol. The summed E-state index contributed by atoms with van der Waals surface area (Å²) in [6.07, 6.45) is -8.44. The number of carbonyl (C=O) groups excluding carboxylic acids is 1. The molecule has 1 aromatic rings. The zero-order valence-corrected chi connectivity index (χ0v) is 17.0. The van der Waals surface area contributed by atoms with Crippen LogP contribution in [0.15, 0.2) is 29.4 Å². The van der Waals surface area contributed by atoms with E-state index in [0.29, 0.717) is 11.3 Å². The number of methoxy groups -OCH3 is 1. The molecule has 0 bridgehead atoms. The summed E-state index contributed by atoms with van der Waals surface area (Å²) in [5, 5.41) is 14.2. The van der Waals surface area contributed by atoms with E-state index in [9.17, 15) is 40.6 Å². The SMILES string of the molecule is COc1ccc(CC(=O)N2N=C(C(F)(F)C(F)(F)C(F)(F)F)CC2(O)C(C)(C)C)cc1. The molecule has 0 spiro atoms. The van der Waals surface area contributed by atoms with Crippen LogP contribution >= 0.6 is 0 Å². The van der Waals surface area contributed by atoms with Gasteiger partial charge in [-0.05, 0) is 17.7 Å². The minimum Gasteiger partial charge on any atom is -0.497 e. The Bertz CT molecular complexity index is 861. The molecule has 0 radical (unpaired) electrons. The first-order valence-corrected chi connectivity index (χ1v) is 8.97. The molecular formula is C19H21F7N2O3. The fourth-order valence-corrected chi connectivity index (χ4v) is 2.92. The number of benzene rings is 1. The van der Waals surface area contributed by atoms with Gasteiger partial charge in [0.25, 0.3) is 0 Å². The van der Waals surface area contributed by atoms with Crippen LogP contribution < -0.4 is 4.74 Å². The molecule has 5 nitrogen and oxygen atoms in total. The molecule has 1 heterocycles. The fraction of sp³-hybridized carbons (Fsp3) is 0.579. The van der Waals surface area contributed by atoms with Crippen LogP contribution in [0.1, 0.15) is 32.8 Å². The van der Waals surface area contributed by atoms with Gasteiger partial charge in [-0.15, -0.1) is 0 Å². The molecule has 1 aliphatic rings. The second-order valence-corrected chi connectivity index (χ2v) is 8.17. The Morgan fingerprint density at radius 1 is 1.10 bits per heavy atom. The van der Waals surface area contributed by atoms with Crippen molar-refractivity contribution in [2.45, 2.75) is 57.4 Å². The molecule has 1 atom stereocenters. The average Bonchev–Trinajstić information content (AvgIpc) is 3.01. The van der Waals surface area contributed by atoms with Gasteiger partial charge in [0, 0.05) is 11.8 Å².